The zero-order chi connectivity index (χ0) is 10.7. The van der Waals surface area contributed by atoms with E-state index in [1.807, 2.05) is 0 Å². The highest BCUT2D eigenvalue weighted by molar-refractivity contribution is 9.10. The monoisotopic (exact) mass is 256 g/mol. The van der Waals surface area contributed by atoms with Crippen molar-refractivity contribution in [1.82, 2.24) is 0 Å². The molecule has 0 bridgehead atoms. The number of carbonyl (C=O) groups is 2. The van der Waals surface area contributed by atoms with Crippen molar-refractivity contribution in [3.8, 4) is 5.75 Å². The van der Waals surface area contributed by atoms with Crippen LogP contribution in [0.3, 0.4) is 0 Å². The van der Waals surface area contributed by atoms with Crippen LogP contribution in [0, 0.1) is 0 Å². The van der Waals surface area contributed by atoms with Gasteiger partial charge in [0.15, 0.2) is 12.1 Å². The first kappa shape index (κ1) is 10.9. The van der Waals surface area contributed by atoms with Gasteiger partial charge in [-0.3, -0.25) is 9.59 Å². The summed E-state index contributed by atoms with van der Waals surface area (Å²) in [6.07, 6.45) is 0.688. The van der Waals surface area contributed by atoms with E-state index in [2.05, 4.69) is 15.9 Å². The van der Waals surface area contributed by atoms with E-state index >= 15 is 0 Å². The Hall–Kier alpha value is -1.16. The van der Waals surface area contributed by atoms with Crippen molar-refractivity contribution in [2.75, 3.05) is 7.11 Å². The highest BCUT2D eigenvalue weighted by Gasteiger charge is 2.11. The van der Waals surface area contributed by atoms with Gasteiger partial charge in [-0.2, -0.15) is 0 Å². The van der Waals surface area contributed by atoms with Crippen molar-refractivity contribution >= 4 is 28.0 Å². The lowest BCUT2D eigenvalue weighted by Crippen LogP contribution is -1.98. The minimum Gasteiger partial charge on any atom is -0.496 e. The van der Waals surface area contributed by atoms with Gasteiger partial charge in [0.05, 0.1) is 12.7 Å². The Bertz CT molecular complexity index is 385. The molecule has 0 heterocycles. The Balaban J connectivity index is 3.37. The molecule has 0 N–H and O–H groups in total. The van der Waals surface area contributed by atoms with E-state index in [0.717, 1.165) is 0 Å². The molecule has 0 saturated heterocycles. The van der Waals surface area contributed by atoms with Gasteiger partial charge in [-0.05, 0) is 19.1 Å². The fourth-order valence-corrected chi connectivity index (χ4v) is 1.75. The number of ether oxygens (including phenoxy) is 1. The molecule has 74 valence electrons. The smallest absolute Gasteiger partial charge is 0.161 e. The van der Waals surface area contributed by atoms with Crippen molar-refractivity contribution in [1.29, 1.82) is 0 Å². The zero-order valence-corrected chi connectivity index (χ0v) is 9.42. The number of Topliss-reactive ketones (excluding diaryl/α,β-unsaturated/α-hetero) is 1. The summed E-state index contributed by atoms with van der Waals surface area (Å²) in [6.45, 7) is 1.46. The summed E-state index contributed by atoms with van der Waals surface area (Å²) < 4.78 is 5.58. The minimum absolute atomic E-state index is 0.0763. The second kappa shape index (κ2) is 4.37. The van der Waals surface area contributed by atoms with Gasteiger partial charge in [-0.25, -0.2) is 0 Å². The Morgan fingerprint density at radius 3 is 2.57 bits per heavy atom. The zero-order valence-electron chi connectivity index (χ0n) is 7.83. The van der Waals surface area contributed by atoms with Crippen LogP contribution >= 0.6 is 15.9 Å². The maximum absolute atomic E-state index is 11.2. The second-order valence-electron chi connectivity index (χ2n) is 2.75. The molecule has 0 aromatic heterocycles. The van der Waals surface area contributed by atoms with Crippen molar-refractivity contribution in [2.24, 2.45) is 0 Å². The summed E-state index contributed by atoms with van der Waals surface area (Å²) in [5.74, 6) is 0.334. The topological polar surface area (TPSA) is 43.4 Å². The third-order valence-corrected chi connectivity index (χ3v) is 2.48. The Labute approximate surface area is 90.2 Å². The largest absolute Gasteiger partial charge is 0.496 e. The van der Waals surface area contributed by atoms with E-state index < -0.39 is 0 Å². The molecule has 0 aliphatic rings. The first-order valence-electron chi connectivity index (χ1n) is 3.93. The van der Waals surface area contributed by atoms with Crippen molar-refractivity contribution < 1.29 is 14.3 Å². The fraction of sp³-hybridized carbons (Fsp3) is 0.200. The van der Waals surface area contributed by atoms with Crippen LogP contribution in [0.5, 0.6) is 5.75 Å². The van der Waals surface area contributed by atoms with Gasteiger partial charge in [0.1, 0.15) is 5.75 Å². The third kappa shape index (κ3) is 2.01. The summed E-state index contributed by atoms with van der Waals surface area (Å²) in [5, 5.41) is 0. The maximum Gasteiger partial charge on any atom is 0.161 e. The molecule has 1 rings (SSSR count). The highest BCUT2D eigenvalue weighted by Crippen LogP contribution is 2.26. The standard InChI is InChI=1S/C10H9BrO3/c1-6(13)8-4-10(14-2)7(5-12)3-9(8)11/h3-5H,1-2H3. The summed E-state index contributed by atoms with van der Waals surface area (Å²) in [5.41, 5.74) is 0.928. The number of hydrogen-bond donors (Lipinski definition) is 0. The summed E-state index contributed by atoms with van der Waals surface area (Å²) >= 11 is 3.22. The lowest BCUT2D eigenvalue weighted by Gasteiger charge is -2.07. The normalized spacial score (nSPS) is 9.64. The summed E-state index contributed by atoms with van der Waals surface area (Å²) in [6, 6.07) is 3.12. The van der Waals surface area contributed by atoms with Crippen LogP contribution in [0.4, 0.5) is 0 Å². The Kier molecular flexibility index (Phi) is 3.41. The molecule has 1 aromatic carbocycles. The van der Waals surface area contributed by atoms with Gasteiger partial charge in [0, 0.05) is 10.0 Å². The van der Waals surface area contributed by atoms with Crippen LogP contribution in [0.2, 0.25) is 0 Å². The number of methoxy groups -OCH3 is 1. The molecule has 1 aromatic rings. The van der Waals surface area contributed by atoms with Crippen LogP contribution in [0.1, 0.15) is 27.6 Å². The van der Waals surface area contributed by atoms with E-state index in [1.165, 1.54) is 14.0 Å². The van der Waals surface area contributed by atoms with Gasteiger partial charge in [-0.1, -0.05) is 15.9 Å². The van der Waals surface area contributed by atoms with Crippen molar-refractivity contribution in [3.05, 3.63) is 27.7 Å². The lowest BCUT2D eigenvalue weighted by molar-refractivity contribution is 0.101. The molecule has 4 heteroatoms. The van der Waals surface area contributed by atoms with Gasteiger partial charge >= 0.3 is 0 Å². The van der Waals surface area contributed by atoms with Crippen LogP contribution in [-0.2, 0) is 0 Å². The van der Waals surface area contributed by atoms with Crippen LogP contribution in [0.15, 0.2) is 16.6 Å². The van der Waals surface area contributed by atoms with Gasteiger partial charge in [0.2, 0.25) is 0 Å². The molecule has 0 spiro atoms. The third-order valence-electron chi connectivity index (χ3n) is 1.83. The predicted octanol–water partition coefficient (Wildman–Crippen LogP) is 2.47. The van der Waals surface area contributed by atoms with E-state index in [-0.39, 0.29) is 5.78 Å². The lowest BCUT2D eigenvalue weighted by atomic mass is 10.1. The number of carbonyl (C=O) groups excluding carboxylic acids is 2. The molecule has 14 heavy (non-hydrogen) atoms. The predicted molar refractivity (Wildman–Crippen MR) is 56.1 cm³/mol. The minimum atomic E-state index is -0.0763. The van der Waals surface area contributed by atoms with Gasteiger partial charge in [-0.15, -0.1) is 0 Å². The molecule has 0 radical (unpaired) electrons. The van der Waals surface area contributed by atoms with Crippen molar-refractivity contribution in [2.45, 2.75) is 6.92 Å². The molecule has 0 unspecified atom stereocenters. The number of hydrogen-bond acceptors (Lipinski definition) is 3. The summed E-state index contributed by atoms with van der Waals surface area (Å²) in [4.78, 5) is 21.8. The molecule has 0 aliphatic carbocycles. The molecular weight excluding hydrogens is 248 g/mol. The molecule has 0 saturated carbocycles. The van der Waals surface area contributed by atoms with E-state index in [4.69, 9.17) is 4.74 Å². The van der Waals surface area contributed by atoms with Crippen LogP contribution in [0.25, 0.3) is 0 Å². The van der Waals surface area contributed by atoms with E-state index in [1.54, 1.807) is 12.1 Å². The first-order valence-corrected chi connectivity index (χ1v) is 4.73. The average molecular weight is 257 g/mol. The number of aldehydes is 1. The number of benzene rings is 1. The fourth-order valence-electron chi connectivity index (χ4n) is 1.11. The van der Waals surface area contributed by atoms with E-state index in [0.29, 0.717) is 27.6 Å². The van der Waals surface area contributed by atoms with Gasteiger partial charge < -0.3 is 4.74 Å². The Morgan fingerprint density at radius 1 is 1.50 bits per heavy atom. The SMILES string of the molecule is COc1cc(C(C)=O)c(Br)cc1C=O. The number of ketones is 1. The van der Waals surface area contributed by atoms with Crippen molar-refractivity contribution in [3.63, 3.8) is 0 Å². The number of rotatable bonds is 3. The van der Waals surface area contributed by atoms with Crippen LogP contribution in [-0.4, -0.2) is 19.2 Å². The number of halogens is 1. The molecule has 0 atom stereocenters. The van der Waals surface area contributed by atoms with Gasteiger partial charge in [0.25, 0.3) is 0 Å². The quantitative estimate of drug-likeness (QED) is 0.617. The molecule has 3 nitrogen and oxygen atoms in total. The molecule has 0 aliphatic heterocycles. The summed E-state index contributed by atoms with van der Waals surface area (Å²) in [7, 11) is 1.46. The second-order valence-corrected chi connectivity index (χ2v) is 3.60. The van der Waals surface area contributed by atoms with Crippen LogP contribution < -0.4 is 4.74 Å². The highest BCUT2D eigenvalue weighted by atomic mass is 79.9. The molecule has 0 fully saturated rings. The molecular formula is C10H9BrO3. The first-order chi connectivity index (χ1) is 6.60. The molecule has 0 amide bonds. The average Bonchev–Trinajstić information content (AvgIpc) is 2.16. The Morgan fingerprint density at radius 2 is 2.14 bits per heavy atom. The van der Waals surface area contributed by atoms with E-state index in [9.17, 15) is 9.59 Å². The maximum atomic E-state index is 11.2.